The molecule has 26 heavy (non-hydrogen) atoms. The van der Waals surface area contributed by atoms with Crippen LogP contribution in [0.15, 0.2) is 60.0 Å². The van der Waals surface area contributed by atoms with Crippen LogP contribution in [0.2, 0.25) is 0 Å². The summed E-state index contributed by atoms with van der Waals surface area (Å²) in [6, 6.07) is 15.2. The van der Waals surface area contributed by atoms with Gasteiger partial charge in [-0.1, -0.05) is 42.5 Å². The molecule has 2 aromatic carbocycles. The van der Waals surface area contributed by atoms with Gasteiger partial charge in [-0.25, -0.2) is 14.2 Å². The zero-order valence-electron chi connectivity index (χ0n) is 13.6. The van der Waals surface area contributed by atoms with Crippen LogP contribution >= 0.6 is 11.3 Å². The van der Waals surface area contributed by atoms with Gasteiger partial charge in [0.15, 0.2) is 12.3 Å². The molecule has 3 rings (SSSR count). The number of hydrogen-bond acceptors (Lipinski definition) is 5. The average Bonchev–Trinajstić information content (AvgIpc) is 3.17. The third kappa shape index (κ3) is 4.73. The minimum Gasteiger partial charge on any atom is -0.451 e. The maximum Gasteiger partial charge on any atom is 0.358 e. The summed E-state index contributed by atoms with van der Waals surface area (Å²) in [6.45, 7) is -0.177. The fourth-order valence-electron chi connectivity index (χ4n) is 2.14. The zero-order chi connectivity index (χ0) is 18.4. The van der Waals surface area contributed by atoms with E-state index < -0.39 is 18.5 Å². The number of hydrogen-bond donors (Lipinski definition) is 1. The van der Waals surface area contributed by atoms with Crippen molar-refractivity contribution in [2.45, 2.75) is 6.54 Å². The topological polar surface area (TPSA) is 68.3 Å². The van der Waals surface area contributed by atoms with Crippen molar-refractivity contribution in [2.24, 2.45) is 0 Å². The van der Waals surface area contributed by atoms with E-state index in [0.717, 1.165) is 11.1 Å². The van der Waals surface area contributed by atoms with Crippen LogP contribution in [0, 0.1) is 5.82 Å². The van der Waals surface area contributed by atoms with Gasteiger partial charge < -0.3 is 10.1 Å². The molecule has 0 aliphatic carbocycles. The van der Waals surface area contributed by atoms with Crippen LogP contribution in [0.25, 0.3) is 10.6 Å². The SMILES string of the molecule is O=C(COC(=O)c1csc(-c2ccccc2)n1)NCc1ccc(F)cc1. The molecule has 0 spiro atoms. The first-order valence-electron chi connectivity index (χ1n) is 7.81. The molecular formula is C19H15FN2O3S. The summed E-state index contributed by atoms with van der Waals surface area (Å²) in [5.41, 5.74) is 1.83. The summed E-state index contributed by atoms with van der Waals surface area (Å²) >= 11 is 1.33. The highest BCUT2D eigenvalue weighted by Crippen LogP contribution is 2.23. The van der Waals surface area contributed by atoms with E-state index in [4.69, 9.17) is 4.74 Å². The summed E-state index contributed by atoms with van der Waals surface area (Å²) < 4.78 is 17.8. The zero-order valence-corrected chi connectivity index (χ0v) is 14.5. The van der Waals surface area contributed by atoms with Gasteiger partial charge in [-0.2, -0.15) is 0 Å². The normalized spacial score (nSPS) is 10.3. The van der Waals surface area contributed by atoms with E-state index in [0.29, 0.717) is 5.01 Å². The van der Waals surface area contributed by atoms with Crippen molar-refractivity contribution in [3.8, 4) is 10.6 Å². The van der Waals surface area contributed by atoms with Gasteiger partial charge in [-0.15, -0.1) is 11.3 Å². The van der Waals surface area contributed by atoms with Crippen molar-refractivity contribution < 1.29 is 18.7 Å². The Hall–Kier alpha value is -3.06. The van der Waals surface area contributed by atoms with Crippen molar-refractivity contribution in [3.63, 3.8) is 0 Å². The van der Waals surface area contributed by atoms with Crippen LogP contribution in [0.3, 0.4) is 0 Å². The number of nitrogens with one attached hydrogen (secondary N) is 1. The average molecular weight is 370 g/mol. The van der Waals surface area contributed by atoms with Gasteiger partial charge in [0.05, 0.1) is 0 Å². The van der Waals surface area contributed by atoms with Crippen LogP contribution < -0.4 is 5.32 Å². The number of benzene rings is 2. The molecule has 0 atom stereocenters. The molecule has 0 saturated carbocycles. The molecule has 3 aromatic rings. The molecular weight excluding hydrogens is 355 g/mol. The number of carbonyl (C=O) groups excluding carboxylic acids is 2. The molecule has 1 N–H and O–H groups in total. The third-order valence-electron chi connectivity index (χ3n) is 3.47. The molecule has 0 saturated heterocycles. The van der Waals surface area contributed by atoms with Crippen molar-refractivity contribution in [3.05, 3.63) is 77.1 Å². The Labute approximate surface area is 153 Å². The molecule has 0 radical (unpaired) electrons. The van der Waals surface area contributed by atoms with Crippen LogP contribution in [-0.2, 0) is 16.1 Å². The standard InChI is InChI=1S/C19H15FN2O3S/c20-15-8-6-13(7-9-15)10-21-17(23)11-25-19(24)16-12-26-18(22-16)14-4-2-1-3-5-14/h1-9,12H,10-11H2,(H,21,23). The van der Waals surface area contributed by atoms with Gasteiger partial charge in [-0.05, 0) is 17.7 Å². The molecule has 0 aliphatic heterocycles. The van der Waals surface area contributed by atoms with Crippen LogP contribution in [-0.4, -0.2) is 23.5 Å². The Kier molecular flexibility index (Phi) is 5.70. The smallest absolute Gasteiger partial charge is 0.358 e. The maximum atomic E-state index is 12.8. The lowest BCUT2D eigenvalue weighted by Crippen LogP contribution is -2.28. The fourth-order valence-corrected chi connectivity index (χ4v) is 2.94. The van der Waals surface area contributed by atoms with Gasteiger partial charge in [0.1, 0.15) is 10.8 Å². The molecule has 1 amide bonds. The number of nitrogens with zero attached hydrogens (tertiary/aromatic N) is 1. The van der Waals surface area contributed by atoms with Gasteiger partial charge in [0.2, 0.25) is 0 Å². The quantitative estimate of drug-likeness (QED) is 0.675. The first kappa shape index (κ1) is 17.8. The number of amides is 1. The van der Waals surface area contributed by atoms with E-state index in [-0.39, 0.29) is 18.1 Å². The minimum absolute atomic E-state index is 0.167. The van der Waals surface area contributed by atoms with E-state index in [2.05, 4.69) is 10.3 Å². The van der Waals surface area contributed by atoms with Crippen LogP contribution in [0.5, 0.6) is 0 Å². The number of thiazole rings is 1. The molecule has 7 heteroatoms. The van der Waals surface area contributed by atoms with E-state index in [1.54, 1.807) is 17.5 Å². The number of esters is 1. The summed E-state index contributed by atoms with van der Waals surface area (Å²) in [7, 11) is 0. The summed E-state index contributed by atoms with van der Waals surface area (Å²) in [6.07, 6.45) is 0. The Morgan fingerprint density at radius 1 is 1.08 bits per heavy atom. The Bertz CT molecular complexity index is 895. The summed E-state index contributed by atoms with van der Waals surface area (Å²) in [5.74, 6) is -1.44. The number of halogens is 1. The first-order chi connectivity index (χ1) is 12.6. The van der Waals surface area contributed by atoms with Gasteiger partial charge in [-0.3, -0.25) is 4.79 Å². The van der Waals surface area contributed by atoms with Gasteiger partial charge >= 0.3 is 5.97 Å². The molecule has 0 aliphatic rings. The number of ether oxygens (including phenoxy) is 1. The lowest BCUT2D eigenvalue weighted by molar-refractivity contribution is -0.124. The summed E-state index contributed by atoms with van der Waals surface area (Å²) in [5, 5.41) is 4.90. The Morgan fingerprint density at radius 2 is 1.81 bits per heavy atom. The highest BCUT2D eigenvalue weighted by molar-refractivity contribution is 7.13. The second-order valence-electron chi connectivity index (χ2n) is 5.38. The fraction of sp³-hybridized carbons (Fsp3) is 0.105. The largest absolute Gasteiger partial charge is 0.451 e. The van der Waals surface area contributed by atoms with Gasteiger partial charge in [0.25, 0.3) is 5.91 Å². The van der Waals surface area contributed by atoms with Crippen molar-refractivity contribution in [2.75, 3.05) is 6.61 Å². The van der Waals surface area contributed by atoms with Gasteiger partial charge in [0, 0.05) is 17.5 Å². The van der Waals surface area contributed by atoms with Crippen molar-refractivity contribution in [1.29, 1.82) is 0 Å². The molecule has 0 unspecified atom stereocenters. The van der Waals surface area contributed by atoms with Crippen molar-refractivity contribution in [1.82, 2.24) is 10.3 Å². The maximum absolute atomic E-state index is 12.8. The lowest BCUT2D eigenvalue weighted by Gasteiger charge is -2.06. The van der Waals surface area contributed by atoms with E-state index in [9.17, 15) is 14.0 Å². The minimum atomic E-state index is -0.652. The second-order valence-corrected chi connectivity index (χ2v) is 6.24. The third-order valence-corrected chi connectivity index (χ3v) is 4.36. The Balaban J connectivity index is 1.48. The Morgan fingerprint density at radius 3 is 2.54 bits per heavy atom. The molecule has 1 heterocycles. The predicted octanol–water partition coefficient (Wildman–Crippen LogP) is 3.42. The molecule has 1 aromatic heterocycles. The lowest BCUT2D eigenvalue weighted by atomic mass is 10.2. The molecule has 5 nitrogen and oxygen atoms in total. The van der Waals surface area contributed by atoms with E-state index in [1.165, 1.54) is 23.5 Å². The molecule has 0 bridgehead atoms. The summed E-state index contributed by atoms with van der Waals surface area (Å²) in [4.78, 5) is 28.0. The molecule has 132 valence electrons. The van der Waals surface area contributed by atoms with Crippen LogP contribution in [0.4, 0.5) is 4.39 Å². The second kappa shape index (κ2) is 8.35. The monoisotopic (exact) mass is 370 g/mol. The number of rotatable bonds is 6. The number of aromatic nitrogens is 1. The highest BCUT2D eigenvalue weighted by Gasteiger charge is 2.14. The number of carbonyl (C=O) groups is 2. The first-order valence-corrected chi connectivity index (χ1v) is 8.69. The van der Waals surface area contributed by atoms with E-state index >= 15 is 0 Å². The highest BCUT2D eigenvalue weighted by atomic mass is 32.1. The predicted molar refractivity (Wildman–Crippen MR) is 96.1 cm³/mol. The van der Waals surface area contributed by atoms with E-state index in [1.807, 2.05) is 30.3 Å². The van der Waals surface area contributed by atoms with Crippen molar-refractivity contribution >= 4 is 23.2 Å². The molecule has 0 fully saturated rings. The van der Waals surface area contributed by atoms with Crippen LogP contribution in [0.1, 0.15) is 16.1 Å².